The number of carbonyl (C=O) groups excluding carboxylic acids is 1. The predicted octanol–water partition coefficient (Wildman–Crippen LogP) is 3.82. The lowest BCUT2D eigenvalue weighted by Crippen LogP contribution is -2.42. The number of amides is 1. The van der Waals surface area contributed by atoms with E-state index in [4.69, 9.17) is 0 Å². The number of rotatable bonds is 8. The second kappa shape index (κ2) is 10.2. The first kappa shape index (κ1) is 25.9. The van der Waals surface area contributed by atoms with E-state index in [9.17, 15) is 24.6 Å². The SMILES string of the molecule is C=C(C1=CN2N=CC(C(=O)Nc3ccccc3)C2N=C1)N(C(C)C(=O)O)[C@@H]1CCc2c1ccc(C(=O)O)c2C. The molecule has 200 valence electrons. The molecule has 2 aromatic carbocycles. The monoisotopic (exact) mass is 527 g/mol. The standard InChI is InChI=1S/C29H29N5O5/c1-16-21-11-12-25(23(21)10-9-22(16)29(38)39)34(18(3)28(36)37)17(2)19-13-30-26-24(14-31-33(26)15-19)27(35)32-20-7-5-4-6-8-20/h4-10,13-15,18,24-26H,2,11-12H2,1,3H3,(H,32,35)(H,36,37)(H,38,39)/t18?,24?,25-,26?/m1/s1. The van der Waals surface area contributed by atoms with Gasteiger partial charge in [-0.3, -0.25) is 9.79 Å². The Morgan fingerprint density at radius 1 is 1.15 bits per heavy atom. The van der Waals surface area contributed by atoms with Crippen LogP contribution in [0.25, 0.3) is 0 Å². The average Bonchev–Trinajstić information content (AvgIpc) is 3.54. The summed E-state index contributed by atoms with van der Waals surface area (Å²) in [6.45, 7) is 7.63. The first-order valence-electron chi connectivity index (χ1n) is 12.7. The third kappa shape index (κ3) is 4.69. The number of allylic oxidation sites excluding steroid dienone is 1. The van der Waals surface area contributed by atoms with E-state index in [0.29, 0.717) is 35.4 Å². The summed E-state index contributed by atoms with van der Waals surface area (Å²) in [5.74, 6) is -2.83. The van der Waals surface area contributed by atoms with E-state index in [0.717, 1.165) is 11.1 Å². The van der Waals surface area contributed by atoms with Gasteiger partial charge in [0.1, 0.15) is 12.0 Å². The number of hydrogen-bond donors (Lipinski definition) is 3. The van der Waals surface area contributed by atoms with Gasteiger partial charge in [0.05, 0.1) is 11.6 Å². The molecule has 1 aliphatic carbocycles. The molecule has 0 saturated carbocycles. The highest BCUT2D eigenvalue weighted by molar-refractivity contribution is 6.03. The van der Waals surface area contributed by atoms with E-state index in [1.807, 2.05) is 18.2 Å². The Hall–Kier alpha value is -4.73. The van der Waals surface area contributed by atoms with E-state index < -0.39 is 30.1 Å². The summed E-state index contributed by atoms with van der Waals surface area (Å²) < 4.78 is 0. The molecule has 0 saturated heterocycles. The number of nitrogens with one attached hydrogen (secondary N) is 1. The largest absolute Gasteiger partial charge is 0.480 e. The highest BCUT2D eigenvalue weighted by Crippen LogP contribution is 2.42. The Bertz CT molecular complexity index is 1450. The van der Waals surface area contributed by atoms with Gasteiger partial charge in [-0.25, -0.2) is 14.6 Å². The average molecular weight is 528 g/mol. The van der Waals surface area contributed by atoms with Gasteiger partial charge in [0.2, 0.25) is 5.91 Å². The number of benzene rings is 2. The van der Waals surface area contributed by atoms with Crippen LogP contribution >= 0.6 is 0 Å². The number of para-hydroxylation sites is 1. The maximum atomic E-state index is 12.9. The van der Waals surface area contributed by atoms with Crippen LogP contribution in [0.3, 0.4) is 0 Å². The number of aliphatic imine (C=N–C) groups is 1. The van der Waals surface area contributed by atoms with Gasteiger partial charge in [0, 0.05) is 35.6 Å². The van der Waals surface area contributed by atoms with Crippen LogP contribution in [0.1, 0.15) is 46.4 Å². The number of carboxylic acids is 2. The molecule has 5 rings (SSSR count). The lowest BCUT2D eigenvalue weighted by Gasteiger charge is -2.38. The molecule has 0 spiro atoms. The zero-order valence-electron chi connectivity index (χ0n) is 21.6. The van der Waals surface area contributed by atoms with Gasteiger partial charge >= 0.3 is 11.9 Å². The van der Waals surface area contributed by atoms with E-state index >= 15 is 0 Å². The van der Waals surface area contributed by atoms with Crippen molar-refractivity contribution in [2.45, 2.75) is 44.9 Å². The molecule has 0 fully saturated rings. The molecule has 2 heterocycles. The first-order valence-corrected chi connectivity index (χ1v) is 12.7. The van der Waals surface area contributed by atoms with Crippen molar-refractivity contribution >= 4 is 36.0 Å². The van der Waals surface area contributed by atoms with Crippen molar-refractivity contribution in [2.75, 3.05) is 5.32 Å². The van der Waals surface area contributed by atoms with Crippen molar-refractivity contribution in [3.8, 4) is 0 Å². The number of anilines is 1. The number of nitrogens with zero attached hydrogens (tertiary/aromatic N) is 4. The smallest absolute Gasteiger partial charge is 0.335 e. The molecule has 10 nitrogen and oxygen atoms in total. The molecular formula is C29H29N5O5. The molecule has 3 aliphatic rings. The van der Waals surface area contributed by atoms with Gasteiger partial charge in [-0.15, -0.1) is 0 Å². The van der Waals surface area contributed by atoms with Crippen molar-refractivity contribution in [3.63, 3.8) is 0 Å². The maximum absolute atomic E-state index is 12.9. The lowest BCUT2D eigenvalue weighted by atomic mass is 9.96. The minimum Gasteiger partial charge on any atom is -0.480 e. The topological polar surface area (TPSA) is 135 Å². The maximum Gasteiger partial charge on any atom is 0.335 e. The van der Waals surface area contributed by atoms with E-state index in [2.05, 4.69) is 22.0 Å². The lowest BCUT2D eigenvalue weighted by molar-refractivity contribution is -0.142. The molecule has 39 heavy (non-hydrogen) atoms. The number of carbonyl (C=O) groups is 3. The zero-order valence-corrected chi connectivity index (χ0v) is 21.6. The third-order valence-electron chi connectivity index (χ3n) is 7.58. The highest BCUT2D eigenvalue weighted by atomic mass is 16.4. The molecule has 3 N–H and O–H groups in total. The van der Waals surface area contributed by atoms with Gasteiger partial charge in [-0.2, -0.15) is 5.10 Å². The summed E-state index contributed by atoms with van der Waals surface area (Å²) in [7, 11) is 0. The summed E-state index contributed by atoms with van der Waals surface area (Å²) in [4.78, 5) is 43.0. The third-order valence-corrected chi connectivity index (χ3v) is 7.58. The van der Waals surface area contributed by atoms with Crippen LogP contribution in [0.15, 0.2) is 76.6 Å². The van der Waals surface area contributed by atoms with Crippen LogP contribution in [-0.4, -0.2) is 62.6 Å². The predicted molar refractivity (Wildman–Crippen MR) is 147 cm³/mol. The van der Waals surface area contributed by atoms with E-state index in [1.54, 1.807) is 66.7 Å². The van der Waals surface area contributed by atoms with Crippen molar-refractivity contribution in [1.29, 1.82) is 0 Å². The Balaban J connectivity index is 1.39. The second-order valence-corrected chi connectivity index (χ2v) is 9.84. The molecule has 0 bridgehead atoms. The Labute approximate surface area is 225 Å². The van der Waals surface area contributed by atoms with Crippen LogP contribution in [0, 0.1) is 12.8 Å². The normalized spacial score (nSPS) is 21.5. The van der Waals surface area contributed by atoms with Crippen molar-refractivity contribution in [1.82, 2.24) is 9.91 Å². The van der Waals surface area contributed by atoms with Gasteiger partial charge in [0.15, 0.2) is 6.17 Å². The quantitative estimate of drug-likeness (QED) is 0.475. The summed E-state index contributed by atoms with van der Waals surface area (Å²) in [6, 6.07) is 11.3. The van der Waals surface area contributed by atoms with Gasteiger partial charge in [-0.1, -0.05) is 30.8 Å². The van der Waals surface area contributed by atoms with Crippen LogP contribution in [-0.2, 0) is 16.0 Å². The zero-order chi connectivity index (χ0) is 27.8. The van der Waals surface area contributed by atoms with Crippen LogP contribution in [0.5, 0.6) is 0 Å². The molecule has 0 aromatic heterocycles. The van der Waals surface area contributed by atoms with Crippen molar-refractivity contribution in [2.24, 2.45) is 16.0 Å². The van der Waals surface area contributed by atoms with Gasteiger partial charge in [-0.05, 0) is 61.6 Å². The van der Waals surface area contributed by atoms with Crippen LogP contribution in [0.2, 0.25) is 0 Å². The molecule has 0 radical (unpaired) electrons. The molecule has 2 aromatic rings. The Kier molecular flexibility index (Phi) is 6.78. The van der Waals surface area contributed by atoms with Crippen molar-refractivity contribution < 1.29 is 24.6 Å². The molecule has 2 aliphatic heterocycles. The minimum atomic E-state index is -1.01. The number of fused-ring (bicyclic) bond motifs is 2. The Morgan fingerprint density at radius 2 is 1.90 bits per heavy atom. The Morgan fingerprint density at radius 3 is 2.59 bits per heavy atom. The van der Waals surface area contributed by atoms with Gasteiger partial charge < -0.3 is 20.4 Å². The molecule has 3 unspecified atom stereocenters. The number of hydrazone groups is 1. The molecule has 4 atom stereocenters. The fourth-order valence-electron chi connectivity index (χ4n) is 5.50. The first-order chi connectivity index (χ1) is 18.7. The van der Waals surface area contributed by atoms with Crippen LogP contribution in [0.4, 0.5) is 5.69 Å². The summed E-state index contributed by atoms with van der Waals surface area (Å²) >= 11 is 0. The van der Waals surface area contributed by atoms with Crippen molar-refractivity contribution in [3.05, 3.63) is 88.8 Å². The van der Waals surface area contributed by atoms with Gasteiger partial charge in [0.25, 0.3) is 0 Å². The molecular weight excluding hydrogens is 498 g/mol. The minimum absolute atomic E-state index is 0.231. The molecule has 10 heteroatoms. The second-order valence-electron chi connectivity index (χ2n) is 9.84. The fraction of sp³-hybridized carbons (Fsp3) is 0.276. The number of carboxylic acid groups (broad SMARTS) is 2. The van der Waals surface area contributed by atoms with E-state index in [-0.39, 0.29) is 17.5 Å². The number of hydrogen-bond acceptors (Lipinski definition) is 7. The highest BCUT2D eigenvalue weighted by Gasteiger charge is 2.39. The summed E-state index contributed by atoms with van der Waals surface area (Å²) in [5, 5.41) is 28.3. The number of aliphatic carboxylic acids is 1. The summed E-state index contributed by atoms with van der Waals surface area (Å²) in [5.41, 5.74) is 4.48. The fourth-order valence-corrected chi connectivity index (χ4v) is 5.50. The van der Waals surface area contributed by atoms with Crippen LogP contribution < -0.4 is 5.32 Å². The number of aromatic carboxylic acids is 1. The molecule has 1 amide bonds. The summed E-state index contributed by atoms with van der Waals surface area (Å²) in [6.07, 6.45) is 5.58. The van der Waals surface area contributed by atoms with E-state index in [1.165, 1.54) is 0 Å².